The number of methoxy groups -OCH3 is 1. The Morgan fingerprint density at radius 1 is 1.33 bits per heavy atom. The summed E-state index contributed by atoms with van der Waals surface area (Å²) in [5.41, 5.74) is 1.34. The number of ether oxygens (including phenoxy) is 1. The third-order valence-electron chi connectivity index (χ3n) is 3.14. The number of carbonyl (C=O) groups excluding carboxylic acids is 1. The van der Waals surface area contributed by atoms with Gasteiger partial charge in [0.25, 0.3) is 0 Å². The molecule has 106 valence electrons. The highest BCUT2D eigenvalue weighted by Gasteiger charge is 2.14. The van der Waals surface area contributed by atoms with Crippen LogP contribution in [-0.4, -0.2) is 17.9 Å². The van der Waals surface area contributed by atoms with Crippen LogP contribution in [0.2, 0.25) is 5.02 Å². The number of halogens is 1. The molecule has 2 aromatic heterocycles. The molecule has 0 atom stereocenters. The molecule has 21 heavy (non-hydrogen) atoms. The van der Waals surface area contributed by atoms with Gasteiger partial charge in [0.2, 0.25) is 11.7 Å². The molecule has 0 bridgehead atoms. The van der Waals surface area contributed by atoms with E-state index in [0.717, 1.165) is 10.9 Å². The van der Waals surface area contributed by atoms with Crippen LogP contribution >= 0.6 is 11.6 Å². The van der Waals surface area contributed by atoms with Crippen molar-refractivity contribution in [2.75, 3.05) is 7.11 Å². The number of pyridine rings is 1. The second-order valence-electron chi connectivity index (χ2n) is 4.58. The molecule has 0 saturated heterocycles. The van der Waals surface area contributed by atoms with E-state index in [1.807, 2.05) is 12.1 Å². The molecular weight excluding hydrogens is 290 g/mol. The Kier molecular flexibility index (Phi) is 3.62. The molecule has 2 heterocycles. The van der Waals surface area contributed by atoms with Gasteiger partial charge in [0, 0.05) is 24.1 Å². The lowest BCUT2D eigenvalue weighted by Gasteiger charge is -2.00. The van der Waals surface area contributed by atoms with Crippen molar-refractivity contribution in [2.24, 2.45) is 0 Å². The van der Waals surface area contributed by atoms with Crippen molar-refractivity contribution in [2.45, 2.75) is 6.42 Å². The second-order valence-corrected chi connectivity index (χ2v) is 4.98. The quantitative estimate of drug-likeness (QED) is 0.685. The average molecular weight is 302 g/mol. The molecule has 0 aliphatic rings. The topological polar surface area (TPSA) is 52.3 Å². The first-order valence-electron chi connectivity index (χ1n) is 6.37. The Bertz CT molecular complexity index is 793. The van der Waals surface area contributed by atoms with E-state index in [0.29, 0.717) is 22.2 Å². The number of nitrogens with zero attached hydrogens (tertiary/aromatic N) is 1. The van der Waals surface area contributed by atoms with Gasteiger partial charge in [0.05, 0.1) is 12.1 Å². The third-order valence-corrected chi connectivity index (χ3v) is 3.44. The van der Waals surface area contributed by atoms with Gasteiger partial charge in [-0.3, -0.25) is 4.79 Å². The first-order valence-corrected chi connectivity index (χ1v) is 6.75. The van der Waals surface area contributed by atoms with E-state index in [2.05, 4.69) is 4.98 Å². The Morgan fingerprint density at radius 3 is 2.86 bits per heavy atom. The average Bonchev–Trinajstić information content (AvgIpc) is 2.94. The predicted octanol–water partition coefficient (Wildman–Crippen LogP) is 3.92. The fraction of sp³-hybridized carbons (Fsp3) is 0.125. The number of Topliss-reactive ketones (excluding diaryl/α,β-unsaturated/α-hetero) is 1. The van der Waals surface area contributed by atoms with Crippen molar-refractivity contribution in [1.29, 1.82) is 0 Å². The normalized spacial score (nSPS) is 10.8. The highest BCUT2D eigenvalue weighted by atomic mass is 35.5. The number of carbonyl (C=O) groups is 1. The minimum atomic E-state index is -0.116. The molecule has 0 aliphatic heterocycles. The van der Waals surface area contributed by atoms with E-state index in [1.54, 1.807) is 37.6 Å². The number of para-hydroxylation sites is 1. The Morgan fingerprint density at radius 2 is 2.19 bits per heavy atom. The number of hydrogen-bond donors (Lipinski definition) is 0. The van der Waals surface area contributed by atoms with Crippen molar-refractivity contribution in [3.05, 3.63) is 58.9 Å². The van der Waals surface area contributed by atoms with E-state index in [-0.39, 0.29) is 12.2 Å². The molecule has 0 aliphatic carbocycles. The maximum atomic E-state index is 12.3. The summed E-state index contributed by atoms with van der Waals surface area (Å²) in [6.45, 7) is 0. The summed E-state index contributed by atoms with van der Waals surface area (Å²) in [4.78, 5) is 16.3. The Hall–Kier alpha value is -2.33. The van der Waals surface area contributed by atoms with Crippen LogP contribution in [0.1, 0.15) is 16.1 Å². The molecule has 0 N–H and O–H groups in total. The lowest BCUT2D eigenvalue weighted by atomic mass is 10.1. The Labute approximate surface area is 126 Å². The number of fused-ring (bicyclic) bond motifs is 1. The minimum absolute atomic E-state index is 0.116. The van der Waals surface area contributed by atoms with E-state index >= 15 is 0 Å². The Balaban J connectivity index is 1.84. The summed E-state index contributed by atoms with van der Waals surface area (Å²) in [7, 11) is 1.55. The SMILES string of the molecule is COc1ccc(CC(=O)c2cc3cccc(Cl)c3o2)cn1. The first-order chi connectivity index (χ1) is 10.2. The van der Waals surface area contributed by atoms with Gasteiger partial charge in [-0.15, -0.1) is 0 Å². The summed E-state index contributed by atoms with van der Waals surface area (Å²) in [5.74, 6) is 0.699. The molecular formula is C16H12ClNO3. The number of hydrogen-bond acceptors (Lipinski definition) is 4. The fourth-order valence-corrected chi connectivity index (χ4v) is 2.29. The second kappa shape index (κ2) is 5.58. The molecule has 1 aromatic carbocycles. The minimum Gasteiger partial charge on any atom is -0.481 e. The third kappa shape index (κ3) is 2.76. The van der Waals surface area contributed by atoms with Gasteiger partial charge in [0.1, 0.15) is 0 Å². The number of aromatic nitrogens is 1. The van der Waals surface area contributed by atoms with Crippen molar-refractivity contribution < 1.29 is 13.9 Å². The lowest BCUT2D eigenvalue weighted by Crippen LogP contribution is -2.02. The van der Waals surface area contributed by atoms with E-state index in [1.165, 1.54) is 0 Å². The standard InChI is InChI=1S/C16H12ClNO3/c1-20-15-6-5-10(9-18-15)7-13(19)14-8-11-3-2-4-12(17)16(11)21-14/h2-6,8-9H,7H2,1H3. The van der Waals surface area contributed by atoms with Gasteiger partial charge < -0.3 is 9.15 Å². The highest BCUT2D eigenvalue weighted by molar-refractivity contribution is 6.34. The highest BCUT2D eigenvalue weighted by Crippen LogP contribution is 2.27. The van der Waals surface area contributed by atoms with Crippen molar-refractivity contribution in [3.63, 3.8) is 0 Å². The van der Waals surface area contributed by atoms with Crippen LogP contribution in [0.4, 0.5) is 0 Å². The maximum Gasteiger partial charge on any atom is 0.212 e. The molecule has 0 spiro atoms. The summed E-state index contributed by atoms with van der Waals surface area (Å²) < 4.78 is 10.5. The van der Waals surface area contributed by atoms with Crippen molar-refractivity contribution in [3.8, 4) is 5.88 Å². The smallest absolute Gasteiger partial charge is 0.212 e. The zero-order valence-corrected chi connectivity index (χ0v) is 12.1. The molecule has 0 fully saturated rings. The summed E-state index contributed by atoms with van der Waals surface area (Å²) in [6.07, 6.45) is 1.83. The van der Waals surface area contributed by atoms with Gasteiger partial charge >= 0.3 is 0 Å². The molecule has 0 saturated carbocycles. The van der Waals surface area contributed by atoms with E-state index in [9.17, 15) is 4.79 Å². The van der Waals surface area contributed by atoms with Crippen molar-refractivity contribution in [1.82, 2.24) is 4.98 Å². The summed E-state index contributed by atoms with van der Waals surface area (Å²) in [5, 5.41) is 1.32. The van der Waals surface area contributed by atoms with Crippen LogP contribution < -0.4 is 4.74 Å². The van der Waals surface area contributed by atoms with Gasteiger partial charge in [-0.2, -0.15) is 0 Å². The molecule has 4 nitrogen and oxygen atoms in total. The van der Waals surface area contributed by atoms with Gasteiger partial charge in [-0.05, 0) is 17.7 Å². The summed E-state index contributed by atoms with van der Waals surface area (Å²) >= 11 is 6.04. The van der Waals surface area contributed by atoms with Gasteiger partial charge in [-0.1, -0.05) is 29.8 Å². The predicted molar refractivity (Wildman–Crippen MR) is 80.0 cm³/mol. The first kappa shape index (κ1) is 13.6. The number of furan rings is 1. The molecule has 5 heteroatoms. The van der Waals surface area contributed by atoms with Gasteiger partial charge in [-0.25, -0.2) is 4.98 Å². The monoisotopic (exact) mass is 301 g/mol. The number of rotatable bonds is 4. The zero-order valence-electron chi connectivity index (χ0n) is 11.3. The van der Waals surface area contributed by atoms with Crippen LogP contribution in [-0.2, 0) is 6.42 Å². The summed E-state index contributed by atoms with van der Waals surface area (Å²) in [6, 6.07) is 10.6. The van der Waals surface area contributed by atoms with Crippen LogP contribution in [0, 0.1) is 0 Å². The molecule has 0 radical (unpaired) electrons. The van der Waals surface area contributed by atoms with Gasteiger partial charge in [0.15, 0.2) is 11.3 Å². The zero-order chi connectivity index (χ0) is 14.8. The largest absolute Gasteiger partial charge is 0.481 e. The van der Waals surface area contributed by atoms with E-state index in [4.69, 9.17) is 20.8 Å². The lowest BCUT2D eigenvalue weighted by molar-refractivity contribution is 0.0968. The van der Waals surface area contributed by atoms with Crippen LogP contribution in [0.3, 0.4) is 0 Å². The van der Waals surface area contributed by atoms with Crippen molar-refractivity contribution >= 4 is 28.4 Å². The van der Waals surface area contributed by atoms with Crippen LogP contribution in [0.15, 0.2) is 47.0 Å². The maximum absolute atomic E-state index is 12.3. The fourth-order valence-electron chi connectivity index (χ4n) is 2.07. The molecule has 3 rings (SSSR count). The number of ketones is 1. The van der Waals surface area contributed by atoms with Crippen LogP contribution in [0.5, 0.6) is 5.88 Å². The molecule has 0 amide bonds. The molecule has 0 unspecified atom stereocenters. The molecule has 3 aromatic rings. The number of benzene rings is 1. The van der Waals surface area contributed by atoms with E-state index < -0.39 is 0 Å². The van der Waals surface area contributed by atoms with Crippen LogP contribution in [0.25, 0.3) is 11.0 Å².